The van der Waals surface area contributed by atoms with Gasteiger partial charge in [-0.05, 0) is 31.9 Å². The number of methoxy groups -OCH3 is 1. The maximum Gasteiger partial charge on any atom is 0.340 e. The molecule has 0 heterocycles. The minimum atomic E-state index is -3.66. The fraction of sp³-hybridized carbons (Fsp3) is 0.417. The van der Waals surface area contributed by atoms with Crippen molar-refractivity contribution in [1.29, 1.82) is 0 Å². The SMILES string of the molecule is COC(=O)c1cc(C)ccc1NS(=O)(=O)NC1CC1. The smallest absolute Gasteiger partial charge is 0.340 e. The number of hydrogen-bond donors (Lipinski definition) is 2. The quantitative estimate of drug-likeness (QED) is 0.795. The summed E-state index contributed by atoms with van der Waals surface area (Å²) in [5.74, 6) is -0.576. The topological polar surface area (TPSA) is 84.5 Å². The van der Waals surface area contributed by atoms with E-state index in [1.165, 1.54) is 7.11 Å². The highest BCUT2D eigenvalue weighted by atomic mass is 32.2. The molecule has 6 nitrogen and oxygen atoms in total. The molecule has 0 atom stereocenters. The fourth-order valence-corrected chi connectivity index (χ4v) is 2.82. The Hall–Kier alpha value is -1.60. The highest BCUT2D eigenvalue weighted by Gasteiger charge is 2.27. The Morgan fingerprint density at radius 1 is 1.37 bits per heavy atom. The first-order valence-electron chi connectivity index (χ1n) is 5.90. The molecule has 1 aliphatic rings. The second kappa shape index (κ2) is 5.18. The van der Waals surface area contributed by atoms with Gasteiger partial charge in [-0.1, -0.05) is 11.6 Å². The van der Waals surface area contributed by atoms with Gasteiger partial charge in [-0.15, -0.1) is 0 Å². The molecule has 1 aromatic rings. The van der Waals surface area contributed by atoms with Gasteiger partial charge < -0.3 is 4.74 Å². The number of ether oxygens (including phenoxy) is 1. The van der Waals surface area contributed by atoms with Crippen LogP contribution in [0.25, 0.3) is 0 Å². The van der Waals surface area contributed by atoms with E-state index in [1.54, 1.807) is 18.2 Å². The number of aryl methyl sites for hydroxylation is 1. The number of rotatable bonds is 5. The van der Waals surface area contributed by atoms with Crippen LogP contribution in [0.4, 0.5) is 5.69 Å². The molecule has 0 aromatic heterocycles. The average molecular weight is 284 g/mol. The van der Waals surface area contributed by atoms with Crippen LogP contribution in [-0.2, 0) is 14.9 Å². The minimum absolute atomic E-state index is 0.00419. The van der Waals surface area contributed by atoms with Crippen LogP contribution >= 0.6 is 0 Å². The van der Waals surface area contributed by atoms with E-state index in [4.69, 9.17) is 0 Å². The van der Waals surface area contributed by atoms with Crippen molar-refractivity contribution in [3.8, 4) is 0 Å². The first kappa shape index (κ1) is 13.8. The summed E-state index contributed by atoms with van der Waals surface area (Å²) in [4.78, 5) is 11.6. The third kappa shape index (κ3) is 3.68. The van der Waals surface area contributed by atoms with Crippen molar-refractivity contribution in [1.82, 2.24) is 4.72 Å². The van der Waals surface area contributed by atoms with Crippen LogP contribution in [-0.4, -0.2) is 27.5 Å². The largest absolute Gasteiger partial charge is 0.465 e. The molecule has 104 valence electrons. The van der Waals surface area contributed by atoms with E-state index >= 15 is 0 Å². The molecule has 1 aliphatic carbocycles. The van der Waals surface area contributed by atoms with Gasteiger partial charge in [0.15, 0.2) is 0 Å². The molecule has 0 amide bonds. The lowest BCUT2D eigenvalue weighted by Gasteiger charge is -2.12. The van der Waals surface area contributed by atoms with Gasteiger partial charge in [0.2, 0.25) is 0 Å². The van der Waals surface area contributed by atoms with Gasteiger partial charge in [-0.25, -0.2) is 4.79 Å². The predicted octanol–water partition coefficient (Wildman–Crippen LogP) is 1.19. The molecule has 0 aliphatic heterocycles. The molecule has 1 fully saturated rings. The van der Waals surface area contributed by atoms with Crippen LogP contribution in [0.3, 0.4) is 0 Å². The van der Waals surface area contributed by atoms with Gasteiger partial charge in [0.05, 0.1) is 18.4 Å². The summed E-state index contributed by atoms with van der Waals surface area (Å²) >= 11 is 0. The van der Waals surface area contributed by atoms with Crippen LogP contribution in [0.5, 0.6) is 0 Å². The third-order valence-corrected chi connectivity index (χ3v) is 3.86. The Balaban J connectivity index is 2.25. The molecular weight excluding hydrogens is 268 g/mol. The number of nitrogens with one attached hydrogen (secondary N) is 2. The molecule has 0 saturated heterocycles. The number of carbonyl (C=O) groups excluding carboxylic acids is 1. The Morgan fingerprint density at radius 2 is 2.05 bits per heavy atom. The summed E-state index contributed by atoms with van der Waals surface area (Å²) in [6.45, 7) is 1.81. The zero-order chi connectivity index (χ0) is 14.0. The molecule has 2 rings (SSSR count). The summed E-state index contributed by atoms with van der Waals surface area (Å²) in [6, 6.07) is 4.86. The van der Waals surface area contributed by atoms with Gasteiger partial charge in [-0.3, -0.25) is 4.72 Å². The van der Waals surface area contributed by atoms with E-state index in [-0.39, 0.29) is 17.3 Å². The van der Waals surface area contributed by atoms with Crippen LogP contribution in [0.2, 0.25) is 0 Å². The van der Waals surface area contributed by atoms with Crippen LogP contribution in [0.1, 0.15) is 28.8 Å². The Labute approximate surface area is 112 Å². The van der Waals surface area contributed by atoms with E-state index in [2.05, 4.69) is 14.2 Å². The van der Waals surface area contributed by atoms with Crippen molar-refractivity contribution in [2.75, 3.05) is 11.8 Å². The number of benzene rings is 1. The predicted molar refractivity (Wildman–Crippen MR) is 71.2 cm³/mol. The molecule has 19 heavy (non-hydrogen) atoms. The van der Waals surface area contributed by atoms with Gasteiger partial charge in [-0.2, -0.15) is 13.1 Å². The maximum absolute atomic E-state index is 11.8. The Kier molecular flexibility index (Phi) is 3.77. The van der Waals surface area contributed by atoms with Crippen molar-refractivity contribution in [2.45, 2.75) is 25.8 Å². The van der Waals surface area contributed by atoms with E-state index in [0.29, 0.717) is 0 Å². The normalized spacial score (nSPS) is 15.1. The zero-order valence-electron chi connectivity index (χ0n) is 10.8. The van der Waals surface area contributed by atoms with E-state index in [1.807, 2.05) is 6.92 Å². The van der Waals surface area contributed by atoms with E-state index < -0.39 is 16.2 Å². The van der Waals surface area contributed by atoms with Crippen LogP contribution in [0.15, 0.2) is 18.2 Å². The average Bonchev–Trinajstić information content (AvgIpc) is 3.13. The van der Waals surface area contributed by atoms with Crippen molar-refractivity contribution >= 4 is 21.9 Å². The maximum atomic E-state index is 11.8. The highest BCUT2D eigenvalue weighted by Crippen LogP contribution is 2.22. The molecule has 2 N–H and O–H groups in total. The van der Waals surface area contributed by atoms with E-state index in [0.717, 1.165) is 18.4 Å². The van der Waals surface area contributed by atoms with Crippen LogP contribution < -0.4 is 9.44 Å². The lowest BCUT2D eigenvalue weighted by Crippen LogP contribution is -2.32. The lowest BCUT2D eigenvalue weighted by atomic mass is 10.1. The highest BCUT2D eigenvalue weighted by molar-refractivity contribution is 7.90. The van der Waals surface area contributed by atoms with Crippen molar-refractivity contribution in [2.24, 2.45) is 0 Å². The number of anilines is 1. The van der Waals surface area contributed by atoms with Crippen molar-refractivity contribution in [3.63, 3.8) is 0 Å². The van der Waals surface area contributed by atoms with Crippen molar-refractivity contribution in [3.05, 3.63) is 29.3 Å². The molecular formula is C12H16N2O4S. The molecule has 0 radical (unpaired) electrons. The summed E-state index contributed by atoms with van der Waals surface area (Å²) in [5.41, 5.74) is 1.26. The number of carbonyl (C=O) groups is 1. The van der Waals surface area contributed by atoms with Gasteiger partial charge >= 0.3 is 5.97 Å². The fourth-order valence-electron chi connectivity index (χ4n) is 1.62. The van der Waals surface area contributed by atoms with Gasteiger partial charge in [0.25, 0.3) is 10.2 Å². The first-order valence-corrected chi connectivity index (χ1v) is 7.38. The second-order valence-electron chi connectivity index (χ2n) is 4.54. The first-order chi connectivity index (χ1) is 8.91. The van der Waals surface area contributed by atoms with Gasteiger partial charge in [0.1, 0.15) is 0 Å². The summed E-state index contributed by atoms with van der Waals surface area (Å²) in [6.07, 6.45) is 1.69. The molecule has 1 aromatic carbocycles. The summed E-state index contributed by atoms with van der Waals surface area (Å²) < 4.78 is 33.1. The standard InChI is InChI=1S/C12H16N2O4S/c1-8-3-6-11(10(7-8)12(15)18-2)14-19(16,17)13-9-4-5-9/h3,6-7,9,13-14H,4-5H2,1-2H3. The lowest BCUT2D eigenvalue weighted by molar-refractivity contribution is 0.0602. The molecule has 0 spiro atoms. The molecule has 0 bridgehead atoms. The monoisotopic (exact) mass is 284 g/mol. The molecule has 1 saturated carbocycles. The van der Waals surface area contributed by atoms with Crippen LogP contribution in [0, 0.1) is 6.92 Å². The Morgan fingerprint density at radius 3 is 2.63 bits per heavy atom. The number of esters is 1. The molecule has 7 heteroatoms. The second-order valence-corrected chi connectivity index (χ2v) is 5.98. The minimum Gasteiger partial charge on any atom is -0.465 e. The molecule has 0 unspecified atom stereocenters. The Bertz CT molecular complexity index is 594. The van der Waals surface area contributed by atoms with Crippen molar-refractivity contribution < 1.29 is 17.9 Å². The summed E-state index contributed by atoms with van der Waals surface area (Å²) in [5, 5.41) is 0. The number of hydrogen-bond acceptors (Lipinski definition) is 4. The zero-order valence-corrected chi connectivity index (χ0v) is 11.6. The van der Waals surface area contributed by atoms with Gasteiger partial charge in [0, 0.05) is 6.04 Å². The third-order valence-electron chi connectivity index (χ3n) is 2.72. The van der Waals surface area contributed by atoms with E-state index in [9.17, 15) is 13.2 Å². The summed E-state index contributed by atoms with van der Waals surface area (Å²) in [7, 11) is -2.40.